The van der Waals surface area contributed by atoms with Crippen LogP contribution in [0.15, 0.2) is 60.0 Å². The monoisotopic (exact) mass is 417 g/mol. The third kappa shape index (κ3) is 5.70. The maximum absolute atomic E-state index is 4.54. The van der Waals surface area contributed by atoms with E-state index in [1.807, 2.05) is 30.0 Å². The van der Waals surface area contributed by atoms with Crippen LogP contribution in [0.3, 0.4) is 0 Å². The summed E-state index contributed by atoms with van der Waals surface area (Å²) < 4.78 is 1.97. The van der Waals surface area contributed by atoms with Gasteiger partial charge in [-0.1, -0.05) is 30.3 Å². The van der Waals surface area contributed by atoms with Crippen LogP contribution < -0.4 is 10.6 Å². The average Bonchev–Trinajstić information content (AvgIpc) is 3.47. The van der Waals surface area contributed by atoms with Gasteiger partial charge in [-0.2, -0.15) is 0 Å². The summed E-state index contributed by atoms with van der Waals surface area (Å²) in [5.41, 5.74) is 3.72. The Bertz CT molecular complexity index is 984. The molecule has 1 aliphatic heterocycles. The summed E-state index contributed by atoms with van der Waals surface area (Å²) in [5, 5.41) is 6.74. The highest BCUT2D eigenvalue weighted by molar-refractivity contribution is 5.79. The minimum Gasteiger partial charge on any atom is -0.352 e. The van der Waals surface area contributed by atoms with Gasteiger partial charge in [-0.05, 0) is 55.6 Å². The molecule has 1 aromatic carbocycles. The lowest BCUT2D eigenvalue weighted by Crippen LogP contribution is -2.36. The number of pyridine rings is 1. The van der Waals surface area contributed by atoms with Gasteiger partial charge in [-0.25, -0.2) is 9.97 Å². The molecular weight excluding hydrogens is 386 g/mol. The Hall–Kier alpha value is -3.19. The van der Waals surface area contributed by atoms with Crippen LogP contribution in [0.1, 0.15) is 35.4 Å². The van der Waals surface area contributed by atoms with Gasteiger partial charge in [0, 0.05) is 45.3 Å². The van der Waals surface area contributed by atoms with Crippen molar-refractivity contribution < 1.29 is 0 Å². The quantitative estimate of drug-likeness (QED) is 0.457. The molecule has 0 aliphatic carbocycles. The maximum atomic E-state index is 4.54. The number of likely N-dealkylation sites (tertiary alicyclic amines) is 1. The molecule has 162 valence electrons. The van der Waals surface area contributed by atoms with Gasteiger partial charge in [0.05, 0.1) is 0 Å². The number of benzene rings is 1. The van der Waals surface area contributed by atoms with Crippen LogP contribution in [0.2, 0.25) is 0 Å². The Labute approximate surface area is 184 Å². The predicted molar refractivity (Wildman–Crippen MR) is 124 cm³/mol. The molecule has 1 fully saturated rings. The van der Waals surface area contributed by atoms with Crippen molar-refractivity contribution >= 4 is 5.96 Å². The number of aryl methyl sites for hydroxylation is 1. The lowest BCUT2D eigenvalue weighted by molar-refractivity contribution is 0.331. The van der Waals surface area contributed by atoms with Crippen LogP contribution in [-0.4, -0.2) is 45.5 Å². The van der Waals surface area contributed by atoms with Crippen molar-refractivity contribution in [1.29, 1.82) is 0 Å². The number of nitrogens with zero attached hydrogens (tertiary/aromatic N) is 5. The first-order valence-electron chi connectivity index (χ1n) is 10.9. The molecule has 0 bridgehead atoms. The van der Waals surface area contributed by atoms with Gasteiger partial charge in [0.25, 0.3) is 0 Å². The highest BCUT2D eigenvalue weighted by Gasteiger charge is 2.11. The zero-order chi connectivity index (χ0) is 21.5. The summed E-state index contributed by atoms with van der Waals surface area (Å²) in [4.78, 5) is 15.6. The van der Waals surface area contributed by atoms with Crippen molar-refractivity contribution in [3.05, 3.63) is 77.5 Å². The van der Waals surface area contributed by atoms with Gasteiger partial charge in [0.15, 0.2) is 5.96 Å². The first kappa shape index (κ1) is 21.1. The fraction of sp³-hybridized carbons (Fsp3) is 0.375. The number of guanidine groups is 1. The van der Waals surface area contributed by atoms with E-state index in [1.54, 1.807) is 13.2 Å². The molecule has 31 heavy (non-hydrogen) atoms. The lowest BCUT2D eigenvalue weighted by atomic mass is 10.1. The second kappa shape index (κ2) is 10.2. The average molecular weight is 418 g/mol. The largest absolute Gasteiger partial charge is 0.352 e. The third-order valence-electron chi connectivity index (χ3n) is 5.65. The van der Waals surface area contributed by atoms with Crippen molar-refractivity contribution in [3.63, 3.8) is 0 Å². The first-order valence-corrected chi connectivity index (χ1v) is 10.9. The summed E-state index contributed by atoms with van der Waals surface area (Å²) in [6.07, 6.45) is 8.24. The normalized spacial score (nSPS) is 14.7. The Morgan fingerprint density at radius 1 is 0.935 bits per heavy atom. The molecule has 1 aliphatic rings. The lowest BCUT2D eigenvalue weighted by Gasteiger charge is -2.15. The molecule has 1 saturated heterocycles. The Kier molecular flexibility index (Phi) is 6.94. The summed E-state index contributed by atoms with van der Waals surface area (Å²) in [5.74, 6) is 2.57. The molecule has 3 aromatic rings. The molecule has 2 aromatic heterocycles. The molecule has 3 heterocycles. The second-order valence-corrected chi connectivity index (χ2v) is 7.95. The molecule has 7 nitrogen and oxygen atoms in total. The van der Waals surface area contributed by atoms with Crippen molar-refractivity contribution in [3.8, 4) is 5.82 Å². The van der Waals surface area contributed by atoms with Gasteiger partial charge in [0.2, 0.25) is 0 Å². The zero-order valence-electron chi connectivity index (χ0n) is 18.4. The maximum Gasteiger partial charge on any atom is 0.191 e. The van der Waals surface area contributed by atoms with E-state index in [2.05, 4.69) is 60.8 Å². The summed E-state index contributed by atoms with van der Waals surface area (Å²) in [6.45, 7) is 6.88. The highest BCUT2D eigenvalue weighted by atomic mass is 15.2. The fourth-order valence-corrected chi connectivity index (χ4v) is 3.84. The molecule has 0 atom stereocenters. The van der Waals surface area contributed by atoms with Gasteiger partial charge in [-0.3, -0.25) is 14.5 Å². The molecule has 0 radical (unpaired) electrons. The third-order valence-corrected chi connectivity index (χ3v) is 5.65. The minimum absolute atomic E-state index is 0.657. The van der Waals surface area contributed by atoms with Crippen LogP contribution in [0, 0.1) is 6.92 Å². The topological polar surface area (TPSA) is 70.4 Å². The molecule has 7 heteroatoms. The number of hydrogen-bond donors (Lipinski definition) is 2. The smallest absolute Gasteiger partial charge is 0.191 e. The fourth-order valence-electron chi connectivity index (χ4n) is 3.84. The van der Waals surface area contributed by atoms with E-state index in [1.165, 1.54) is 37.1 Å². The van der Waals surface area contributed by atoms with E-state index in [0.29, 0.717) is 6.54 Å². The summed E-state index contributed by atoms with van der Waals surface area (Å²) in [6, 6.07) is 13.0. The standard InChI is InChI=1S/C24H31N7/c1-19-26-11-14-31(19)23-10-9-22(16-27-23)17-29-24(25-2)28-15-20-5-7-21(8-6-20)18-30-12-3-4-13-30/h5-11,14,16H,3-4,12-13,15,17-18H2,1-2H3,(H2,25,28,29). The SMILES string of the molecule is CN=C(NCc1ccc(CN2CCCC2)cc1)NCc1ccc(-n2ccnc2C)nc1. The molecule has 0 unspecified atom stereocenters. The van der Waals surface area contributed by atoms with E-state index in [-0.39, 0.29) is 0 Å². The van der Waals surface area contributed by atoms with Crippen LogP contribution in [0.5, 0.6) is 0 Å². The van der Waals surface area contributed by atoms with Gasteiger partial charge < -0.3 is 10.6 Å². The van der Waals surface area contributed by atoms with E-state index in [9.17, 15) is 0 Å². The van der Waals surface area contributed by atoms with Crippen LogP contribution in [-0.2, 0) is 19.6 Å². The molecule has 2 N–H and O–H groups in total. The Morgan fingerprint density at radius 3 is 2.23 bits per heavy atom. The van der Waals surface area contributed by atoms with Crippen molar-refractivity contribution in [1.82, 2.24) is 30.1 Å². The van der Waals surface area contributed by atoms with Crippen molar-refractivity contribution in [2.75, 3.05) is 20.1 Å². The number of imidazole rings is 1. The van der Waals surface area contributed by atoms with E-state index >= 15 is 0 Å². The highest BCUT2D eigenvalue weighted by Crippen LogP contribution is 2.13. The number of aromatic nitrogens is 3. The van der Waals surface area contributed by atoms with E-state index < -0.39 is 0 Å². The number of nitrogens with one attached hydrogen (secondary N) is 2. The van der Waals surface area contributed by atoms with Gasteiger partial charge in [-0.15, -0.1) is 0 Å². The molecule has 0 amide bonds. The molecule has 4 rings (SSSR count). The Morgan fingerprint density at radius 2 is 1.61 bits per heavy atom. The van der Waals surface area contributed by atoms with Crippen LogP contribution >= 0.6 is 0 Å². The predicted octanol–water partition coefficient (Wildman–Crippen LogP) is 3.04. The first-order chi connectivity index (χ1) is 15.2. The van der Waals surface area contributed by atoms with Crippen molar-refractivity contribution in [2.24, 2.45) is 4.99 Å². The van der Waals surface area contributed by atoms with Crippen LogP contribution in [0.25, 0.3) is 5.82 Å². The van der Waals surface area contributed by atoms with Crippen LogP contribution in [0.4, 0.5) is 0 Å². The van der Waals surface area contributed by atoms with Crippen molar-refractivity contribution in [2.45, 2.75) is 39.4 Å². The summed E-state index contributed by atoms with van der Waals surface area (Å²) >= 11 is 0. The second-order valence-electron chi connectivity index (χ2n) is 7.95. The molecule has 0 saturated carbocycles. The number of rotatable bonds is 7. The van der Waals surface area contributed by atoms with Gasteiger partial charge >= 0.3 is 0 Å². The minimum atomic E-state index is 0.657. The number of aliphatic imine (C=N–C) groups is 1. The Balaban J connectivity index is 1.24. The zero-order valence-corrected chi connectivity index (χ0v) is 18.4. The molecule has 0 spiro atoms. The van der Waals surface area contributed by atoms with Gasteiger partial charge in [0.1, 0.15) is 11.6 Å². The summed E-state index contributed by atoms with van der Waals surface area (Å²) in [7, 11) is 1.79. The number of hydrogen-bond acceptors (Lipinski definition) is 4. The van der Waals surface area contributed by atoms with E-state index in [4.69, 9.17) is 0 Å². The van der Waals surface area contributed by atoms with E-state index in [0.717, 1.165) is 36.3 Å². The molecular formula is C24H31N7.